The van der Waals surface area contributed by atoms with E-state index in [0.717, 1.165) is 52.8 Å². The van der Waals surface area contributed by atoms with E-state index in [1.165, 1.54) is 18.4 Å². The molecule has 3 heterocycles. The number of fused-ring (bicyclic) bond motifs is 2. The highest BCUT2D eigenvalue weighted by molar-refractivity contribution is 5.87. The highest BCUT2D eigenvalue weighted by Gasteiger charge is 2.43. The van der Waals surface area contributed by atoms with E-state index in [1.807, 2.05) is 19.3 Å². The van der Waals surface area contributed by atoms with Crippen molar-refractivity contribution in [3.05, 3.63) is 54.5 Å². The van der Waals surface area contributed by atoms with Gasteiger partial charge in [-0.25, -0.2) is 15.0 Å². The van der Waals surface area contributed by atoms with Gasteiger partial charge in [0.05, 0.1) is 23.0 Å². The predicted octanol–water partition coefficient (Wildman–Crippen LogP) is 3.76. The van der Waals surface area contributed by atoms with Crippen molar-refractivity contribution in [2.75, 3.05) is 24.3 Å². The molecule has 0 aliphatic heterocycles. The first-order valence-corrected chi connectivity index (χ1v) is 12.6. The molecule has 6 rings (SSSR count). The van der Waals surface area contributed by atoms with Gasteiger partial charge in [-0.2, -0.15) is 0 Å². The van der Waals surface area contributed by atoms with Crippen LogP contribution in [0.25, 0.3) is 21.9 Å². The maximum Gasteiger partial charge on any atom is 0.145 e. The van der Waals surface area contributed by atoms with Crippen LogP contribution in [0.5, 0.6) is 0 Å². The zero-order valence-electron chi connectivity index (χ0n) is 19.9. The predicted molar refractivity (Wildman–Crippen MR) is 138 cm³/mol. The number of nitrogens with zero attached hydrogens (tertiary/aromatic N) is 4. The standard InChI is InChI=1S/C27H32N6O2/c1-28-26-20-10-11-33(27(20)30-15-29-26)23-13-18(21(14-34)25(23)35)5-3-16-2-4-17-6-9-24(31-19-7-8-19)32-22(17)12-16/h2,4,6,9-12,15,18-19,21,23,25,34-35H,3,5,7-8,13-14H2,1H3,(H,31,32)(H,28,29,30)/t18-,21+,23+,25+/m0/s1. The number of aliphatic hydroxyl groups excluding tert-OH is 2. The molecule has 0 radical (unpaired) electrons. The number of benzene rings is 1. The summed E-state index contributed by atoms with van der Waals surface area (Å²) in [6.07, 6.45) is 7.95. The number of hydrogen-bond acceptors (Lipinski definition) is 7. The molecule has 4 atom stereocenters. The van der Waals surface area contributed by atoms with Gasteiger partial charge in [0.15, 0.2) is 0 Å². The Morgan fingerprint density at radius 1 is 1.11 bits per heavy atom. The fourth-order valence-corrected chi connectivity index (χ4v) is 5.68. The molecule has 8 heteroatoms. The zero-order chi connectivity index (χ0) is 23.9. The lowest BCUT2D eigenvalue weighted by Crippen LogP contribution is -2.27. The highest BCUT2D eigenvalue weighted by atomic mass is 16.3. The summed E-state index contributed by atoms with van der Waals surface area (Å²) in [5.41, 5.74) is 3.05. The zero-order valence-corrected chi connectivity index (χ0v) is 19.9. The Morgan fingerprint density at radius 3 is 2.77 bits per heavy atom. The molecular weight excluding hydrogens is 440 g/mol. The third-order valence-corrected chi connectivity index (χ3v) is 7.79. The summed E-state index contributed by atoms with van der Waals surface area (Å²) in [6.45, 7) is -0.0201. The fraction of sp³-hybridized carbons (Fsp3) is 0.444. The van der Waals surface area contributed by atoms with Gasteiger partial charge in [0.2, 0.25) is 0 Å². The summed E-state index contributed by atoms with van der Waals surface area (Å²) in [6, 6.07) is 13.1. The summed E-state index contributed by atoms with van der Waals surface area (Å²) >= 11 is 0. The summed E-state index contributed by atoms with van der Waals surface area (Å²) in [7, 11) is 1.84. The van der Waals surface area contributed by atoms with Crippen molar-refractivity contribution in [3.8, 4) is 0 Å². The summed E-state index contributed by atoms with van der Waals surface area (Å²) in [4.78, 5) is 13.6. The van der Waals surface area contributed by atoms with E-state index in [-0.39, 0.29) is 24.5 Å². The van der Waals surface area contributed by atoms with Crippen molar-refractivity contribution in [2.24, 2.45) is 11.8 Å². The minimum absolute atomic E-state index is 0.0201. The summed E-state index contributed by atoms with van der Waals surface area (Å²) < 4.78 is 2.06. The molecule has 3 aromatic heterocycles. The summed E-state index contributed by atoms with van der Waals surface area (Å²) in [5.74, 6) is 1.78. The smallest absolute Gasteiger partial charge is 0.145 e. The second-order valence-corrected chi connectivity index (χ2v) is 10.0. The first-order valence-electron chi connectivity index (χ1n) is 12.6. The molecule has 1 aromatic carbocycles. The molecule has 2 saturated carbocycles. The molecule has 35 heavy (non-hydrogen) atoms. The van der Waals surface area contributed by atoms with Crippen LogP contribution in [0.15, 0.2) is 48.9 Å². The lowest BCUT2D eigenvalue weighted by atomic mass is 9.89. The van der Waals surface area contributed by atoms with Gasteiger partial charge < -0.3 is 25.4 Å². The lowest BCUT2D eigenvalue weighted by Gasteiger charge is -2.21. The second kappa shape index (κ2) is 9.09. The fourth-order valence-electron chi connectivity index (χ4n) is 5.68. The van der Waals surface area contributed by atoms with E-state index >= 15 is 0 Å². The number of aliphatic hydroxyl groups is 2. The molecule has 0 spiro atoms. The Kier molecular flexibility index (Phi) is 5.78. The van der Waals surface area contributed by atoms with Crippen LogP contribution < -0.4 is 10.6 Å². The van der Waals surface area contributed by atoms with E-state index in [0.29, 0.717) is 6.04 Å². The number of rotatable bonds is 8. The molecule has 4 N–H and O–H groups in total. The Balaban J connectivity index is 1.19. The quantitative estimate of drug-likeness (QED) is 0.309. The van der Waals surface area contributed by atoms with Crippen molar-refractivity contribution < 1.29 is 10.2 Å². The minimum Gasteiger partial charge on any atom is -0.396 e. The van der Waals surface area contributed by atoms with E-state index in [1.54, 1.807) is 6.33 Å². The largest absolute Gasteiger partial charge is 0.396 e. The number of hydrogen-bond donors (Lipinski definition) is 4. The Labute approximate surface area is 204 Å². The molecule has 2 aliphatic rings. The van der Waals surface area contributed by atoms with Crippen molar-refractivity contribution in [3.63, 3.8) is 0 Å². The van der Waals surface area contributed by atoms with Gasteiger partial charge in [-0.3, -0.25) is 0 Å². The molecule has 8 nitrogen and oxygen atoms in total. The molecular formula is C27H32N6O2. The lowest BCUT2D eigenvalue weighted by molar-refractivity contribution is 0.0515. The first kappa shape index (κ1) is 22.2. The maximum atomic E-state index is 11.2. The molecule has 0 saturated heterocycles. The van der Waals surface area contributed by atoms with Gasteiger partial charge in [-0.05, 0) is 67.9 Å². The maximum absolute atomic E-state index is 11.2. The molecule has 4 aromatic rings. The number of aromatic nitrogens is 4. The van der Waals surface area contributed by atoms with Crippen LogP contribution in [-0.2, 0) is 6.42 Å². The number of anilines is 2. The van der Waals surface area contributed by atoms with Crippen LogP contribution in [0, 0.1) is 11.8 Å². The number of aryl methyl sites for hydroxylation is 1. The molecule has 0 bridgehead atoms. The highest BCUT2D eigenvalue weighted by Crippen LogP contribution is 2.43. The van der Waals surface area contributed by atoms with Gasteiger partial charge in [0.25, 0.3) is 0 Å². The number of pyridine rings is 1. The van der Waals surface area contributed by atoms with Crippen molar-refractivity contribution in [1.29, 1.82) is 0 Å². The van der Waals surface area contributed by atoms with Gasteiger partial charge in [0.1, 0.15) is 23.6 Å². The van der Waals surface area contributed by atoms with E-state index in [4.69, 9.17) is 4.98 Å². The van der Waals surface area contributed by atoms with Crippen LogP contribution >= 0.6 is 0 Å². The van der Waals surface area contributed by atoms with Crippen LogP contribution in [-0.4, -0.2) is 55.5 Å². The topological polar surface area (TPSA) is 108 Å². The average Bonchev–Trinajstić information content (AvgIpc) is 3.50. The Morgan fingerprint density at radius 2 is 1.97 bits per heavy atom. The van der Waals surface area contributed by atoms with E-state index < -0.39 is 6.10 Å². The third-order valence-electron chi connectivity index (χ3n) is 7.79. The minimum atomic E-state index is -0.622. The van der Waals surface area contributed by atoms with Gasteiger partial charge in [-0.1, -0.05) is 12.1 Å². The monoisotopic (exact) mass is 472 g/mol. The average molecular weight is 473 g/mol. The Bertz CT molecular complexity index is 1350. The number of nitrogens with one attached hydrogen (secondary N) is 2. The van der Waals surface area contributed by atoms with Crippen LogP contribution in [0.2, 0.25) is 0 Å². The Hall–Kier alpha value is -3.23. The molecule has 0 amide bonds. The van der Waals surface area contributed by atoms with Crippen LogP contribution in [0.4, 0.5) is 11.6 Å². The SMILES string of the molecule is CNc1ncnc2c1ccn2[C@@H]1C[C@H](CCc2ccc3ccc(NC4CC4)nc3c2)[C@@H](CO)[C@H]1O. The van der Waals surface area contributed by atoms with E-state index in [9.17, 15) is 10.2 Å². The van der Waals surface area contributed by atoms with Gasteiger partial charge >= 0.3 is 0 Å². The van der Waals surface area contributed by atoms with Crippen molar-refractivity contribution in [1.82, 2.24) is 19.5 Å². The summed E-state index contributed by atoms with van der Waals surface area (Å²) in [5, 5.41) is 30.0. The second-order valence-electron chi connectivity index (χ2n) is 10.0. The van der Waals surface area contributed by atoms with Crippen molar-refractivity contribution >= 4 is 33.6 Å². The molecule has 0 unspecified atom stereocenters. The van der Waals surface area contributed by atoms with Crippen LogP contribution in [0.1, 0.15) is 37.3 Å². The van der Waals surface area contributed by atoms with Gasteiger partial charge in [-0.15, -0.1) is 0 Å². The van der Waals surface area contributed by atoms with E-state index in [2.05, 4.69) is 55.5 Å². The molecule has 2 fully saturated rings. The third kappa shape index (κ3) is 4.21. The molecule has 2 aliphatic carbocycles. The van der Waals surface area contributed by atoms with Crippen LogP contribution in [0.3, 0.4) is 0 Å². The van der Waals surface area contributed by atoms with Gasteiger partial charge in [0, 0.05) is 37.2 Å². The normalized spacial score (nSPS) is 24.3. The molecule has 182 valence electrons. The van der Waals surface area contributed by atoms with Crippen molar-refractivity contribution in [2.45, 2.75) is 50.3 Å². The first-order chi connectivity index (χ1) is 17.1.